The highest BCUT2D eigenvalue weighted by Crippen LogP contribution is 2.33. The van der Waals surface area contributed by atoms with Crippen molar-refractivity contribution in [3.05, 3.63) is 51.0 Å². The van der Waals surface area contributed by atoms with E-state index in [-0.39, 0.29) is 0 Å². The lowest BCUT2D eigenvalue weighted by molar-refractivity contribution is 0.199. The number of benzene rings is 1. The van der Waals surface area contributed by atoms with E-state index in [0.717, 1.165) is 38.6 Å². The van der Waals surface area contributed by atoms with Crippen LogP contribution in [0.3, 0.4) is 0 Å². The molecule has 3 nitrogen and oxygen atoms in total. The molecule has 6 heteroatoms. The van der Waals surface area contributed by atoms with Gasteiger partial charge in [0.2, 0.25) is 0 Å². The molecule has 0 spiro atoms. The van der Waals surface area contributed by atoms with Crippen LogP contribution in [0.25, 0.3) is 0 Å². The van der Waals surface area contributed by atoms with Gasteiger partial charge in [-0.15, -0.1) is 0 Å². The third-order valence-electron chi connectivity index (χ3n) is 2.76. The third kappa shape index (κ3) is 5.38. The molecule has 112 valence electrons. The number of aromatic nitrogens is 1. The van der Waals surface area contributed by atoms with E-state index in [1.54, 1.807) is 25.1 Å². The Hall–Kier alpha value is -0.400. The molecule has 0 aliphatic heterocycles. The zero-order valence-electron chi connectivity index (χ0n) is 11.6. The zero-order chi connectivity index (χ0) is 15.1. The third-order valence-corrected chi connectivity index (χ3v) is 5.41. The second kappa shape index (κ2) is 8.90. The fraction of sp³-hybridized carbons (Fsp3) is 0.267. The summed E-state index contributed by atoms with van der Waals surface area (Å²) in [6, 6.07) is 10.3. The van der Waals surface area contributed by atoms with Gasteiger partial charge in [-0.3, -0.25) is 0 Å². The molecule has 0 amide bonds. The lowest BCUT2D eigenvalue weighted by Crippen LogP contribution is -2.18. The van der Waals surface area contributed by atoms with Crippen LogP contribution >= 0.6 is 43.6 Å². The first kappa shape index (κ1) is 17.0. The fourth-order valence-corrected chi connectivity index (χ4v) is 3.67. The van der Waals surface area contributed by atoms with Gasteiger partial charge in [-0.25, -0.2) is 4.98 Å². The summed E-state index contributed by atoms with van der Waals surface area (Å²) in [5.74, 6) is 0. The van der Waals surface area contributed by atoms with Crippen molar-refractivity contribution in [2.24, 2.45) is 0 Å². The molecule has 0 aliphatic carbocycles. The first-order valence-corrected chi connectivity index (χ1v) is 8.87. The Balaban J connectivity index is 2.00. The summed E-state index contributed by atoms with van der Waals surface area (Å²) in [6.45, 7) is 2.39. The van der Waals surface area contributed by atoms with E-state index in [4.69, 9.17) is 4.74 Å². The van der Waals surface area contributed by atoms with E-state index in [9.17, 15) is 0 Å². The molecule has 1 aromatic heterocycles. The molecule has 0 saturated carbocycles. The molecule has 0 unspecified atom stereocenters. The first-order chi connectivity index (χ1) is 10.2. The Labute approximate surface area is 146 Å². The number of halogens is 2. The molecule has 1 heterocycles. The van der Waals surface area contributed by atoms with Gasteiger partial charge in [-0.1, -0.05) is 33.8 Å². The number of ether oxygens (including phenoxy) is 1. The molecular weight excluding hydrogens is 416 g/mol. The lowest BCUT2D eigenvalue weighted by atomic mass is 10.2. The van der Waals surface area contributed by atoms with Gasteiger partial charge in [0.1, 0.15) is 5.03 Å². The van der Waals surface area contributed by atoms with Crippen LogP contribution in [0.1, 0.15) is 5.56 Å². The highest BCUT2D eigenvalue weighted by molar-refractivity contribution is 9.10. The number of rotatable bonds is 7. The Bertz CT molecular complexity index is 596. The zero-order valence-corrected chi connectivity index (χ0v) is 15.6. The average molecular weight is 432 g/mol. The van der Waals surface area contributed by atoms with E-state index < -0.39 is 0 Å². The van der Waals surface area contributed by atoms with E-state index in [1.807, 2.05) is 12.1 Å². The van der Waals surface area contributed by atoms with Crippen LogP contribution < -0.4 is 5.32 Å². The van der Waals surface area contributed by atoms with Crippen molar-refractivity contribution >= 4 is 43.6 Å². The molecular formula is C15H16Br2N2OS. The molecule has 2 rings (SSSR count). The summed E-state index contributed by atoms with van der Waals surface area (Å²) >= 11 is 8.79. The van der Waals surface area contributed by atoms with Crippen LogP contribution in [0.4, 0.5) is 0 Å². The molecule has 1 N–H and O–H groups in total. The predicted octanol–water partition coefficient (Wildman–Crippen LogP) is 4.49. The van der Waals surface area contributed by atoms with Crippen molar-refractivity contribution in [3.63, 3.8) is 0 Å². The molecule has 2 aromatic rings. The Morgan fingerprint density at radius 1 is 1.24 bits per heavy atom. The monoisotopic (exact) mass is 430 g/mol. The summed E-state index contributed by atoms with van der Waals surface area (Å²) in [5.41, 5.74) is 1.23. The van der Waals surface area contributed by atoms with Crippen LogP contribution in [0.15, 0.2) is 55.4 Å². The van der Waals surface area contributed by atoms with Gasteiger partial charge in [0, 0.05) is 35.8 Å². The molecule has 0 fully saturated rings. The number of methoxy groups -OCH3 is 1. The second-order valence-corrected chi connectivity index (χ2v) is 7.09. The maximum Gasteiger partial charge on any atom is 0.115 e. The molecule has 0 bridgehead atoms. The normalized spacial score (nSPS) is 10.8. The maximum atomic E-state index is 5.02. The van der Waals surface area contributed by atoms with Crippen LogP contribution in [0.5, 0.6) is 0 Å². The largest absolute Gasteiger partial charge is 0.383 e. The molecule has 0 saturated heterocycles. The predicted molar refractivity (Wildman–Crippen MR) is 93.8 cm³/mol. The molecule has 0 atom stereocenters. The molecule has 0 radical (unpaired) electrons. The molecule has 0 aliphatic rings. The van der Waals surface area contributed by atoms with Crippen LogP contribution in [-0.2, 0) is 11.3 Å². The van der Waals surface area contributed by atoms with Gasteiger partial charge in [0.15, 0.2) is 0 Å². The van der Waals surface area contributed by atoms with Crippen molar-refractivity contribution in [1.29, 1.82) is 0 Å². The van der Waals surface area contributed by atoms with Crippen molar-refractivity contribution < 1.29 is 4.74 Å². The van der Waals surface area contributed by atoms with Crippen molar-refractivity contribution in [2.45, 2.75) is 16.5 Å². The fourth-order valence-electron chi connectivity index (χ4n) is 1.69. The van der Waals surface area contributed by atoms with Gasteiger partial charge in [0.05, 0.1) is 11.1 Å². The van der Waals surface area contributed by atoms with E-state index in [2.05, 4.69) is 60.4 Å². The van der Waals surface area contributed by atoms with Crippen LogP contribution in [-0.4, -0.2) is 25.2 Å². The van der Waals surface area contributed by atoms with Gasteiger partial charge in [0.25, 0.3) is 0 Å². The van der Waals surface area contributed by atoms with Gasteiger partial charge in [-0.2, -0.15) is 0 Å². The van der Waals surface area contributed by atoms with Crippen LogP contribution in [0.2, 0.25) is 0 Å². The minimum absolute atomic E-state index is 0.721. The number of nitrogens with zero attached hydrogens (tertiary/aromatic N) is 1. The maximum absolute atomic E-state index is 5.02. The average Bonchev–Trinajstić information content (AvgIpc) is 2.48. The molecule has 21 heavy (non-hydrogen) atoms. The highest BCUT2D eigenvalue weighted by Gasteiger charge is 2.06. The summed E-state index contributed by atoms with van der Waals surface area (Å²) in [4.78, 5) is 5.52. The Morgan fingerprint density at radius 2 is 2.10 bits per heavy atom. The van der Waals surface area contributed by atoms with Gasteiger partial charge >= 0.3 is 0 Å². The van der Waals surface area contributed by atoms with E-state index in [0.29, 0.717) is 0 Å². The number of hydrogen-bond acceptors (Lipinski definition) is 4. The van der Waals surface area contributed by atoms with E-state index >= 15 is 0 Å². The quantitative estimate of drug-likeness (QED) is 0.654. The number of nitrogens with one attached hydrogen (secondary N) is 1. The topological polar surface area (TPSA) is 34.1 Å². The number of pyridine rings is 1. The Kier molecular flexibility index (Phi) is 7.19. The first-order valence-electron chi connectivity index (χ1n) is 6.47. The minimum Gasteiger partial charge on any atom is -0.383 e. The second-order valence-electron chi connectivity index (χ2n) is 4.32. The van der Waals surface area contributed by atoms with Crippen molar-refractivity contribution in [2.75, 3.05) is 20.3 Å². The van der Waals surface area contributed by atoms with Gasteiger partial charge < -0.3 is 10.1 Å². The lowest BCUT2D eigenvalue weighted by Gasteiger charge is -2.09. The van der Waals surface area contributed by atoms with E-state index in [1.165, 1.54) is 5.56 Å². The SMILES string of the molecule is COCCNCc1ccc(Sc2ncccc2Br)cc1Br. The summed E-state index contributed by atoms with van der Waals surface area (Å²) < 4.78 is 7.13. The van der Waals surface area contributed by atoms with Crippen molar-refractivity contribution in [3.8, 4) is 0 Å². The Morgan fingerprint density at radius 3 is 2.81 bits per heavy atom. The minimum atomic E-state index is 0.721. The summed E-state index contributed by atoms with van der Waals surface area (Å²) in [6.07, 6.45) is 1.80. The highest BCUT2D eigenvalue weighted by atomic mass is 79.9. The number of hydrogen-bond donors (Lipinski definition) is 1. The summed E-state index contributed by atoms with van der Waals surface area (Å²) in [5, 5.41) is 4.31. The van der Waals surface area contributed by atoms with Crippen LogP contribution in [0, 0.1) is 0 Å². The standard InChI is InChI=1S/C15H16Br2N2OS/c1-20-8-7-18-10-11-4-5-12(9-14(11)17)21-15-13(16)3-2-6-19-15/h2-6,9,18H,7-8,10H2,1H3. The molecule has 1 aromatic carbocycles. The summed E-state index contributed by atoms with van der Waals surface area (Å²) in [7, 11) is 1.71. The van der Waals surface area contributed by atoms with Gasteiger partial charge in [-0.05, 0) is 45.8 Å². The van der Waals surface area contributed by atoms with Crippen molar-refractivity contribution in [1.82, 2.24) is 10.3 Å². The smallest absolute Gasteiger partial charge is 0.115 e.